The topological polar surface area (TPSA) is 298 Å². The van der Waals surface area contributed by atoms with Crippen molar-refractivity contribution in [1.82, 2.24) is 5.32 Å². The second-order valence-electron chi connectivity index (χ2n) is 31.5. The fourth-order valence-electron chi connectivity index (χ4n) is 15.8. The Hall–Kier alpha value is -1.93. The second-order valence-corrected chi connectivity index (χ2v) is 41.5. The van der Waals surface area contributed by atoms with Gasteiger partial charge in [0.05, 0.1) is 134 Å². The molecule has 2 saturated heterocycles. The molecule has 13 N–H and O–H groups in total. The summed E-state index contributed by atoms with van der Waals surface area (Å²) in [5.74, 6) is 4.32. The molecule has 0 radical (unpaired) electrons. The largest absolute Gasteiger partial charge is 0.396 e. The van der Waals surface area contributed by atoms with Gasteiger partial charge in [-0.3, -0.25) is 0 Å². The highest BCUT2D eigenvalue weighted by atomic mass is 36.0. The molecule has 15 atom stereocenters. The van der Waals surface area contributed by atoms with Crippen molar-refractivity contribution >= 4 is 251 Å². The second kappa shape index (κ2) is 49.5. The van der Waals surface area contributed by atoms with E-state index in [-0.39, 0.29) is 79.2 Å². The first-order chi connectivity index (χ1) is 58.9. The summed E-state index contributed by atoms with van der Waals surface area (Å²) in [6.45, 7) is 5.85. The molecule has 9 aliphatic rings. The van der Waals surface area contributed by atoms with Gasteiger partial charge in [0.25, 0.3) is 0 Å². The zero-order chi connectivity index (χ0) is 91.6. The van der Waals surface area contributed by atoms with Crippen molar-refractivity contribution in [2.24, 2.45) is 64.4 Å². The van der Waals surface area contributed by atoms with Gasteiger partial charge in [-0.25, -0.2) is 4.21 Å². The Balaban J connectivity index is 0.000000193. The van der Waals surface area contributed by atoms with E-state index < -0.39 is 20.1 Å². The summed E-state index contributed by atoms with van der Waals surface area (Å²) in [6.07, 6.45) is 7.41. The van der Waals surface area contributed by atoms with Crippen molar-refractivity contribution in [2.75, 3.05) is 89.9 Å². The SMILES string of the molecule is C.ClC[C@@H]1CO1.Clc1ccc([C@]23CNC[C@H]2C3)cc1Cl.N#CCc1ccc(Cl)c(Cl)c1.N#C[C@@]1(c2ccc(Cl)c(Cl)c2)C[C@@H]1CO.N#C[C@]1(c2ccc(Cl)c(Cl)c2)C[C@@H]1CO.NC[C@@]1(c2ccc(Cl)c(Cl)c2)C[C@@H]1CCl.NC[C@@]1(c2ccc(Cl)c(Cl)c2)C[C@@H]1CO.NC[C@]1(c2ccc(Cl)c(Cl)c2)C[C@@H]1CCl.NC[C@]1(c2ccc(Cl)c(Cl)c2)C[C@@H]1CO.O=S(Cl)Cl. The molecule has 8 aromatic rings. The van der Waals surface area contributed by atoms with Crippen LogP contribution in [0.2, 0.25) is 80.4 Å². The number of hydrogen-bond acceptors (Lipinski definition) is 14. The molecule has 678 valence electrons. The van der Waals surface area contributed by atoms with Crippen molar-refractivity contribution in [1.29, 1.82) is 15.8 Å². The van der Waals surface area contributed by atoms with Crippen LogP contribution in [0.1, 0.15) is 96.9 Å². The van der Waals surface area contributed by atoms with E-state index in [0.29, 0.717) is 167 Å². The molecule has 17 rings (SSSR count). The molecule has 14 nitrogen and oxygen atoms in total. The van der Waals surface area contributed by atoms with Crippen LogP contribution in [0.25, 0.3) is 0 Å². The van der Waals surface area contributed by atoms with Crippen LogP contribution < -0.4 is 28.3 Å². The fraction of sp³-hybridized carbons (Fsp3) is 0.427. The van der Waals surface area contributed by atoms with E-state index in [1.165, 1.54) is 12.0 Å². The number of piperidine rings is 1. The first-order valence-electron chi connectivity index (χ1n) is 38.8. The summed E-state index contributed by atoms with van der Waals surface area (Å²) in [5, 5.41) is 75.2. The third-order valence-electron chi connectivity index (χ3n) is 24.5. The smallest absolute Gasteiger partial charge is 0.211 e. The number of rotatable bonds is 19. The van der Waals surface area contributed by atoms with Crippen LogP contribution in [0, 0.1) is 75.4 Å². The summed E-state index contributed by atoms with van der Waals surface area (Å²) in [7, 11) is 7.36. The zero-order valence-corrected chi connectivity index (χ0v) is 82.8. The number of fused-ring (bicyclic) bond motifs is 1. The molecule has 7 saturated carbocycles. The van der Waals surface area contributed by atoms with E-state index in [1.54, 1.807) is 66.7 Å². The van der Waals surface area contributed by atoms with Crippen LogP contribution in [0.5, 0.6) is 0 Å². The number of nitrogens with zero attached hydrogens (tertiary/aromatic N) is 3. The maximum Gasteiger partial charge on any atom is 0.211 e. The first-order valence-corrected chi connectivity index (χ1v) is 49.2. The number of alkyl halides is 3. The Labute approximate surface area is 838 Å². The summed E-state index contributed by atoms with van der Waals surface area (Å²) in [4.78, 5) is 0. The molecule has 7 aliphatic carbocycles. The third-order valence-corrected chi connectivity index (χ3v) is 31.5. The minimum absolute atomic E-state index is 0. The summed E-state index contributed by atoms with van der Waals surface area (Å²) < 4.78 is 13.8. The van der Waals surface area contributed by atoms with E-state index in [9.17, 15) is 0 Å². The highest BCUT2D eigenvalue weighted by molar-refractivity contribution is 8.26. The molecular formula is C89H93Cl21N8O6S. The van der Waals surface area contributed by atoms with Gasteiger partial charge in [-0.1, -0.05) is 242 Å². The number of benzene rings is 8. The Morgan fingerprint density at radius 1 is 0.376 bits per heavy atom. The van der Waals surface area contributed by atoms with Crippen molar-refractivity contribution in [2.45, 2.75) is 103 Å². The lowest BCUT2D eigenvalue weighted by Crippen LogP contribution is -2.23. The standard InChI is InChI=1S/2C11H12Cl3N.2C11H13Cl2NO.2C11H9Cl2NO.C11H11Cl2N.C8H5Cl2N.C3H5ClO.CH4.Cl2OS/c2*12-5-8-4-11(8,6-15)7-1-2-9(13)10(14)3-7;4*12-9-2-1-7(3-10(9)13)11(6-14)4-8(11)5-15;12-9-2-1-7(3-10(9)13)11-4-8(11)5-14-6-11;9-7-2-1-6(3-4-11)5-8(7)10;4-1-3-2-5-3;;1-4(2)3/h2*1-3,8H,4-6,15H2;2*1-3,8,15H,4-6,14H2;2*1-3,8,15H,4-5H2;1-3,8,14H,4-6H2;1-2,5H,3H2;3H,1-2H2;1H4;/t8-,11+;8-,11-;8-,11+;8-,11-;8-,11+;8-,11-;8-,11+;;3-;;/m1111111.1../s1. The Morgan fingerprint density at radius 3 is 0.840 bits per heavy atom. The summed E-state index contributed by atoms with van der Waals surface area (Å²) in [5.41, 5.74) is 30.8. The Bertz CT molecular complexity index is 4770. The summed E-state index contributed by atoms with van der Waals surface area (Å²) in [6, 6.07) is 50.7. The van der Waals surface area contributed by atoms with Crippen molar-refractivity contribution in [3.8, 4) is 18.2 Å². The maximum atomic E-state index is 9.14. The molecule has 9 fully saturated rings. The lowest BCUT2D eigenvalue weighted by molar-refractivity contribution is 0.264. The molecule has 36 heteroatoms. The Kier molecular flexibility index (Phi) is 43.6. The lowest BCUT2D eigenvalue weighted by Gasteiger charge is -2.15. The van der Waals surface area contributed by atoms with E-state index in [4.69, 9.17) is 289 Å². The van der Waals surface area contributed by atoms with Crippen LogP contribution in [0.3, 0.4) is 0 Å². The number of nitrogens with two attached hydrogens (primary N) is 4. The number of aliphatic hydroxyl groups is 4. The third kappa shape index (κ3) is 27.7. The van der Waals surface area contributed by atoms with E-state index in [0.717, 1.165) is 90.2 Å². The van der Waals surface area contributed by atoms with Gasteiger partial charge in [0.15, 0.2) is 0 Å². The van der Waals surface area contributed by atoms with Gasteiger partial charge in [-0.2, -0.15) is 15.8 Å². The van der Waals surface area contributed by atoms with Gasteiger partial charge in [-0.15, -0.1) is 34.8 Å². The van der Waals surface area contributed by atoms with Crippen LogP contribution in [0.15, 0.2) is 146 Å². The van der Waals surface area contributed by atoms with Gasteiger partial charge in [0, 0.05) is 131 Å². The molecule has 2 heterocycles. The fourth-order valence-corrected chi connectivity index (χ4v) is 19.2. The lowest BCUT2D eigenvalue weighted by atomic mass is 9.93. The Morgan fingerprint density at radius 2 is 0.640 bits per heavy atom. The zero-order valence-electron chi connectivity index (χ0n) is 66.1. The maximum absolute atomic E-state index is 9.14. The van der Waals surface area contributed by atoms with Gasteiger partial charge in [0.2, 0.25) is 9.23 Å². The number of epoxide rings is 1. The number of nitriles is 3. The van der Waals surface area contributed by atoms with E-state index in [1.807, 2.05) is 78.9 Å². The number of ether oxygens (including phenoxy) is 1. The van der Waals surface area contributed by atoms with E-state index in [2.05, 4.69) is 44.9 Å². The molecule has 2 aliphatic heterocycles. The highest BCUT2D eigenvalue weighted by Gasteiger charge is 2.60. The number of halogens is 21. The van der Waals surface area contributed by atoms with Crippen molar-refractivity contribution in [3.63, 3.8) is 0 Å². The predicted molar refractivity (Wildman–Crippen MR) is 527 cm³/mol. The first kappa shape index (κ1) is 110. The van der Waals surface area contributed by atoms with Crippen LogP contribution in [0.4, 0.5) is 0 Å². The monoisotopic (exact) mass is 2140 g/mol. The molecular weight excluding hydrogens is 2050 g/mol. The quantitative estimate of drug-likeness (QED) is 0.0207. The molecule has 0 amide bonds. The van der Waals surface area contributed by atoms with Crippen LogP contribution in [-0.4, -0.2) is 121 Å². The van der Waals surface area contributed by atoms with Gasteiger partial charge < -0.3 is 53.4 Å². The van der Waals surface area contributed by atoms with Crippen molar-refractivity contribution < 1.29 is 29.4 Å². The number of aliphatic hydroxyl groups excluding tert-OH is 4. The van der Waals surface area contributed by atoms with Crippen LogP contribution >= 0.6 is 242 Å². The molecule has 0 spiro atoms. The van der Waals surface area contributed by atoms with Gasteiger partial charge >= 0.3 is 0 Å². The molecule has 8 aromatic carbocycles. The molecule has 0 aromatic heterocycles. The normalized spacial score (nSPS) is 27.2. The van der Waals surface area contributed by atoms with Gasteiger partial charge in [-0.05, 0) is 223 Å². The predicted octanol–water partition coefficient (Wildman–Crippen LogP) is 25.1. The van der Waals surface area contributed by atoms with Crippen LogP contribution in [-0.2, 0) is 58.3 Å². The minimum Gasteiger partial charge on any atom is -0.396 e. The minimum atomic E-state index is -1.67. The van der Waals surface area contributed by atoms with Crippen molar-refractivity contribution in [3.05, 3.63) is 270 Å². The average molecular weight is 2150 g/mol. The number of nitrogens with one attached hydrogen (secondary N) is 1. The summed E-state index contributed by atoms with van der Waals surface area (Å²) >= 11 is 111. The van der Waals surface area contributed by atoms with Gasteiger partial charge in [0.1, 0.15) is 0 Å². The highest BCUT2D eigenvalue weighted by Crippen LogP contribution is 2.60. The number of hydrogen-bond donors (Lipinski definition) is 9. The molecule has 125 heavy (non-hydrogen) atoms. The molecule has 0 bridgehead atoms. The van der Waals surface area contributed by atoms with E-state index >= 15 is 0 Å². The average Bonchev–Trinajstić information content (AvgIpc) is 1.41. The molecule has 0 unspecified atom stereocenters.